The molecule has 7 nitrogen and oxygen atoms in total. The number of hydrogen-bond donors (Lipinski definition) is 2. The molecule has 0 saturated carbocycles. The molecule has 0 radical (unpaired) electrons. The van der Waals surface area contributed by atoms with Gasteiger partial charge in [0.2, 0.25) is 5.88 Å². The van der Waals surface area contributed by atoms with E-state index in [2.05, 4.69) is 4.98 Å². The van der Waals surface area contributed by atoms with Crippen molar-refractivity contribution in [2.75, 3.05) is 0 Å². The highest BCUT2D eigenvalue weighted by Crippen LogP contribution is 2.18. The van der Waals surface area contributed by atoms with Crippen molar-refractivity contribution in [2.45, 2.75) is 6.92 Å². The van der Waals surface area contributed by atoms with Crippen LogP contribution < -0.4 is 11.2 Å². The predicted molar refractivity (Wildman–Crippen MR) is 68.5 cm³/mol. The van der Waals surface area contributed by atoms with Crippen LogP contribution in [0.4, 0.5) is 0 Å². The average molecular weight is 268 g/mol. The van der Waals surface area contributed by atoms with Gasteiger partial charge in [0.05, 0.1) is 22.4 Å². The number of aromatic amines is 1. The summed E-state index contributed by atoms with van der Waals surface area (Å²) in [5, 5.41) is 27.7. The highest BCUT2D eigenvalue weighted by atomic mass is 16.3. The van der Waals surface area contributed by atoms with Crippen molar-refractivity contribution >= 4 is 0 Å². The third kappa shape index (κ3) is 1.93. The zero-order valence-corrected chi connectivity index (χ0v) is 10.3. The van der Waals surface area contributed by atoms with Crippen LogP contribution in [0.15, 0.2) is 27.8 Å². The third-order valence-corrected chi connectivity index (χ3v) is 2.81. The largest absolute Gasteiger partial charge is 0.494 e. The van der Waals surface area contributed by atoms with Crippen molar-refractivity contribution < 1.29 is 5.11 Å². The zero-order chi connectivity index (χ0) is 14.9. The molecule has 0 saturated heterocycles. The van der Waals surface area contributed by atoms with Crippen molar-refractivity contribution in [3.05, 3.63) is 55.7 Å². The maximum absolute atomic E-state index is 11.8. The second-order valence-electron chi connectivity index (χ2n) is 4.00. The van der Waals surface area contributed by atoms with E-state index in [9.17, 15) is 14.7 Å². The Hall–Kier alpha value is -3.32. The Morgan fingerprint density at radius 1 is 1.20 bits per heavy atom. The lowest BCUT2D eigenvalue weighted by Gasteiger charge is -2.09. The van der Waals surface area contributed by atoms with Crippen molar-refractivity contribution in [2.24, 2.45) is 0 Å². The number of H-pyrrole nitrogens is 1. The Labute approximate surface area is 112 Å². The van der Waals surface area contributed by atoms with Gasteiger partial charge in [0.1, 0.15) is 12.1 Å². The quantitative estimate of drug-likeness (QED) is 0.769. The monoisotopic (exact) mass is 268 g/mol. The van der Waals surface area contributed by atoms with E-state index in [0.717, 1.165) is 4.57 Å². The molecule has 7 heteroatoms. The second-order valence-corrected chi connectivity index (χ2v) is 4.00. The van der Waals surface area contributed by atoms with Gasteiger partial charge in [-0.1, -0.05) is 0 Å². The highest BCUT2D eigenvalue weighted by molar-refractivity contribution is 5.52. The first-order chi connectivity index (χ1) is 9.49. The maximum atomic E-state index is 11.8. The lowest BCUT2D eigenvalue weighted by molar-refractivity contribution is 0.426. The zero-order valence-electron chi connectivity index (χ0n) is 10.3. The molecular formula is C13H8N4O3. The molecule has 1 heterocycles. The van der Waals surface area contributed by atoms with Crippen molar-refractivity contribution in [1.82, 2.24) is 9.55 Å². The lowest BCUT2D eigenvalue weighted by atomic mass is 10.1. The number of nitrogens with zero attached hydrogens (tertiary/aromatic N) is 3. The van der Waals surface area contributed by atoms with Gasteiger partial charge in [-0.2, -0.15) is 10.5 Å². The lowest BCUT2D eigenvalue weighted by Crippen LogP contribution is -2.30. The fourth-order valence-electron chi connectivity index (χ4n) is 1.71. The molecule has 0 atom stereocenters. The molecule has 0 amide bonds. The minimum absolute atomic E-state index is 0.0209. The first kappa shape index (κ1) is 13.1. The minimum atomic E-state index is -0.827. The van der Waals surface area contributed by atoms with Crippen LogP contribution in [0.3, 0.4) is 0 Å². The van der Waals surface area contributed by atoms with Gasteiger partial charge in [-0.05, 0) is 25.1 Å². The Bertz CT molecular complexity index is 894. The Morgan fingerprint density at radius 3 is 2.45 bits per heavy atom. The summed E-state index contributed by atoms with van der Waals surface area (Å²) in [6.45, 7) is 1.36. The number of benzene rings is 1. The van der Waals surface area contributed by atoms with E-state index in [0.29, 0.717) is 0 Å². The third-order valence-electron chi connectivity index (χ3n) is 2.81. The van der Waals surface area contributed by atoms with Crippen LogP contribution in [-0.2, 0) is 0 Å². The number of rotatable bonds is 1. The molecule has 2 N–H and O–H groups in total. The van der Waals surface area contributed by atoms with Gasteiger partial charge in [0, 0.05) is 0 Å². The number of aromatic hydroxyl groups is 1. The normalized spacial score (nSPS) is 9.75. The van der Waals surface area contributed by atoms with Crippen LogP contribution in [0.5, 0.6) is 5.88 Å². The molecule has 0 fully saturated rings. The molecule has 0 aliphatic rings. The predicted octanol–water partition coefficient (Wildman–Crippen LogP) is 0.283. The Kier molecular flexibility index (Phi) is 3.11. The summed E-state index contributed by atoms with van der Waals surface area (Å²) in [5.41, 5.74) is -1.12. The van der Waals surface area contributed by atoms with E-state index in [4.69, 9.17) is 10.5 Å². The summed E-state index contributed by atoms with van der Waals surface area (Å²) in [5.74, 6) is -0.507. The van der Waals surface area contributed by atoms with E-state index in [1.807, 2.05) is 12.1 Å². The van der Waals surface area contributed by atoms with Gasteiger partial charge >= 0.3 is 5.69 Å². The molecule has 1 aromatic heterocycles. The number of aromatic nitrogens is 2. The molecule has 98 valence electrons. The SMILES string of the molecule is Cc1c(O)n(-c2ccc(C#N)c(C#N)c2)c(=O)[nH]c1=O. The molecule has 0 unspecified atom stereocenters. The van der Waals surface area contributed by atoms with E-state index in [1.165, 1.54) is 25.1 Å². The van der Waals surface area contributed by atoms with Crippen molar-refractivity contribution in [3.8, 4) is 23.7 Å². The summed E-state index contributed by atoms with van der Waals surface area (Å²) in [4.78, 5) is 25.2. The van der Waals surface area contributed by atoms with Gasteiger partial charge in [-0.25, -0.2) is 9.36 Å². The van der Waals surface area contributed by atoms with E-state index < -0.39 is 17.1 Å². The minimum Gasteiger partial charge on any atom is -0.494 e. The van der Waals surface area contributed by atoms with Crippen LogP contribution in [0.25, 0.3) is 5.69 Å². The fourth-order valence-corrected chi connectivity index (χ4v) is 1.71. The summed E-state index contributed by atoms with van der Waals surface area (Å²) in [6.07, 6.45) is 0. The van der Waals surface area contributed by atoms with Gasteiger partial charge in [0.15, 0.2) is 0 Å². The molecule has 1 aromatic carbocycles. The van der Waals surface area contributed by atoms with Crippen LogP contribution in [0, 0.1) is 29.6 Å². The van der Waals surface area contributed by atoms with Gasteiger partial charge in [-0.15, -0.1) is 0 Å². The molecule has 2 aromatic rings. The molecule has 0 spiro atoms. The first-order valence-corrected chi connectivity index (χ1v) is 5.49. The number of hydrogen-bond acceptors (Lipinski definition) is 5. The highest BCUT2D eigenvalue weighted by Gasteiger charge is 2.13. The number of nitriles is 2. The summed E-state index contributed by atoms with van der Waals surface area (Å²) in [6, 6.07) is 7.73. The van der Waals surface area contributed by atoms with Gasteiger partial charge in [0.25, 0.3) is 5.56 Å². The van der Waals surface area contributed by atoms with Crippen LogP contribution in [0.2, 0.25) is 0 Å². The van der Waals surface area contributed by atoms with E-state index in [1.54, 1.807) is 0 Å². The van der Waals surface area contributed by atoms with Gasteiger partial charge < -0.3 is 5.11 Å². The molecule has 20 heavy (non-hydrogen) atoms. The van der Waals surface area contributed by atoms with Crippen molar-refractivity contribution in [3.63, 3.8) is 0 Å². The van der Waals surface area contributed by atoms with Gasteiger partial charge in [-0.3, -0.25) is 9.78 Å². The smallest absolute Gasteiger partial charge is 0.335 e. The molecule has 2 rings (SSSR count). The Balaban J connectivity index is 2.81. The Morgan fingerprint density at radius 2 is 1.85 bits per heavy atom. The van der Waals surface area contributed by atoms with Crippen LogP contribution in [0.1, 0.15) is 16.7 Å². The van der Waals surface area contributed by atoms with E-state index in [-0.39, 0.29) is 22.4 Å². The average Bonchev–Trinajstić information content (AvgIpc) is 2.44. The van der Waals surface area contributed by atoms with Crippen LogP contribution in [-0.4, -0.2) is 14.7 Å². The summed E-state index contributed by atoms with van der Waals surface area (Å²) < 4.78 is 0.860. The molecular weight excluding hydrogens is 260 g/mol. The number of nitrogens with one attached hydrogen (secondary N) is 1. The van der Waals surface area contributed by atoms with E-state index >= 15 is 0 Å². The standard InChI is InChI=1S/C13H8N4O3/c1-7-11(18)16-13(20)17(12(7)19)10-3-2-8(5-14)9(4-10)6-15/h2-4,19H,1H3,(H,16,18,20). The molecule has 0 aliphatic carbocycles. The first-order valence-electron chi connectivity index (χ1n) is 5.49. The summed E-state index contributed by atoms with van der Waals surface area (Å²) >= 11 is 0. The van der Waals surface area contributed by atoms with Crippen LogP contribution >= 0.6 is 0 Å². The molecule has 0 bridgehead atoms. The maximum Gasteiger partial charge on any atom is 0.335 e. The van der Waals surface area contributed by atoms with Crippen molar-refractivity contribution in [1.29, 1.82) is 10.5 Å². The fraction of sp³-hybridized carbons (Fsp3) is 0.0769. The summed E-state index contributed by atoms with van der Waals surface area (Å²) in [7, 11) is 0. The second kappa shape index (κ2) is 4.75. The molecule has 0 aliphatic heterocycles. The topological polar surface area (TPSA) is 123 Å².